The standard InChI is InChI=1S/C15H20N4O/c1-4-12-13(16)14(19-18-12)15(20)17-10(3)11-7-5-9(2)6-8-11/h5-8,10H,4,16H2,1-3H3,(H,17,20)(H,18,19). The summed E-state index contributed by atoms with van der Waals surface area (Å²) in [4.78, 5) is 12.2. The molecule has 5 nitrogen and oxygen atoms in total. The molecule has 1 heterocycles. The second-order valence-corrected chi connectivity index (χ2v) is 4.92. The quantitative estimate of drug-likeness (QED) is 0.798. The van der Waals surface area contributed by atoms with Gasteiger partial charge in [-0.1, -0.05) is 36.8 Å². The molecule has 5 heteroatoms. The summed E-state index contributed by atoms with van der Waals surface area (Å²) in [7, 11) is 0. The fraction of sp³-hybridized carbons (Fsp3) is 0.333. The van der Waals surface area contributed by atoms with Crippen molar-refractivity contribution >= 4 is 11.6 Å². The van der Waals surface area contributed by atoms with E-state index < -0.39 is 0 Å². The lowest BCUT2D eigenvalue weighted by atomic mass is 10.1. The van der Waals surface area contributed by atoms with Crippen molar-refractivity contribution in [2.75, 3.05) is 5.73 Å². The maximum atomic E-state index is 12.2. The van der Waals surface area contributed by atoms with Crippen molar-refractivity contribution in [3.8, 4) is 0 Å². The molecule has 0 aliphatic heterocycles. The number of nitrogens with one attached hydrogen (secondary N) is 2. The average Bonchev–Trinajstić information content (AvgIpc) is 2.80. The predicted octanol–water partition coefficient (Wildman–Crippen LogP) is 2.35. The van der Waals surface area contributed by atoms with Gasteiger partial charge in [-0.05, 0) is 25.8 Å². The van der Waals surface area contributed by atoms with Crippen molar-refractivity contribution in [3.05, 3.63) is 46.8 Å². The molecule has 1 aromatic heterocycles. The summed E-state index contributed by atoms with van der Waals surface area (Å²) in [5.41, 5.74) is 9.62. The minimum absolute atomic E-state index is 0.0933. The van der Waals surface area contributed by atoms with Gasteiger partial charge in [-0.3, -0.25) is 9.89 Å². The number of carbonyl (C=O) groups is 1. The second-order valence-electron chi connectivity index (χ2n) is 4.92. The number of nitrogens with zero attached hydrogens (tertiary/aromatic N) is 1. The summed E-state index contributed by atoms with van der Waals surface area (Å²) in [5.74, 6) is -0.258. The highest BCUT2D eigenvalue weighted by molar-refractivity contribution is 5.97. The van der Waals surface area contributed by atoms with E-state index in [1.807, 2.05) is 45.0 Å². The molecule has 0 radical (unpaired) electrons. The van der Waals surface area contributed by atoms with Gasteiger partial charge in [0.25, 0.3) is 5.91 Å². The van der Waals surface area contributed by atoms with Gasteiger partial charge >= 0.3 is 0 Å². The summed E-state index contributed by atoms with van der Waals surface area (Å²) in [5, 5.41) is 9.68. The number of hydrogen-bond acceptors (Lipinski definition) is 3. The first kappa shape index (κ1) is 14.1. The molecule has 0 fully saturated rings. The van der Waals surface area contributed by atoms with Crippen LogP contribution in [-0.2, 0) is 6.42 Å². The van der Waals surface area contributed by atoms with Gasteiger partial charge in [0.05, 0.1) is 17.4 Å². The molecular formula is C15H20N4O. The predicted molar refractivity (Wildman–Crippen MR) is 79.4 cm³/mol. The smallest absolute Gasteiger partial charge is 0.274 e. The third-order valence-electron chi connectivity index (χ3n) is 3.38. The Morgan fingerprint density at radius 3 is 2.60 bits per heavy atom. The Hall–Kier alpha value is -2.30. The van der Waals surface area contributed by atoms with Crippen LogP contribution in [0.1, 0.15) is 47.2 Å². The lowest BCUT2D eigenvalue weighted by molar-refractivity contribution is 0.0935. The van der Waals surface area contributed by atoms with Crippen LogP contribution in [0.4, 0.5) is 5.69 Å². The van der Waals surface area contributed by atoms with Crippen LogP contribution in [0, 0.1) is 6.92 Å². The van der Waals surface area contributed by atoms with Crippen LogP contribution in [0.3, 0.4) is 0 Å². The number of hydrogen-bond donors (Lipinski definition) is 3. The molecule has 0 saturated heterocycles. The fourth-order valence-corrected chi connectivity index (χ4v) is 2.03. The van der Waals surface area contributed by atoms with Gasteiger partial charge in [-0.15, -0.1) is 0 Å². The Kier molecular flexibility index (Phi) is 4.08. The van der Waals surface area contributed by atoms with Crippen LogP contribution in [-0.4, -0.2) is 16.1 Å². The highest BCUT2D eigenvalue weighted by Crippen LogP contribution is 2.17. The van der Waals surface area contributed by atoms with E-state index in [9.17, 15) is 4.79 Å². The third-order valence-corrected chi connectivity index (χ3v) is 3.38. The second kappa shape index (κ2) is 5.77. The van der Waals surface area contributed by atoms with Crippen LogP contribution in [0.5, 0.6) is 0 Å². The van der Waals surface area contributed by atoms with Crippen LogP contribution >= 0.6 is 0 Å². The molecule has 0 saturated carbocycles. The summed E-state index contributed by atoms with van der Waals surface area (Å²) in [6, 6.07) is 7.97. The molecule has 0 aliphatic rings. The molecule has 1 unspecified atom stereocenters. The SMILES string of the molecule is CCc1[nH]nc(C(=O)NC(C)c2ccc(C)cc2)c1N. The van der Waals surface area contributed by atoms with Crippen molar-refractivity contribution in [3.63, 3.8) is 0 Å². The number of amides is 1. The van der Waals surface area contributed by atoms with E-state index in [2.05, 4.69) is 15.5 Å². The highest BCUT2D eigenvalue weighted by Gasteiger charge is 2.18. The van der Waals surface area contributed by atoms with Crippen molar-refractivity contribution in [2.24, 2.45) is 0 Å². The van der Waals surface area contributed by atoms with Gasteiger partial charge < -0.3 is 11.1 Å². The molecule has 2 rings (SSSR count). The Labute approximate surface area is 118 Å². The number of carbonyl (C=O) groups excluding carboxylic acids is 1. The molecule has 2 aromatic rings. The van der Waals surface area contributed by atoms with Crippen LogP contribution in [0.2, 0.25) is 0 Å². The van der Waals surface area contributed by atoms with Crippen molar-refractivity contribution in [1.29, 1.82) is 0 Å². The average molecular weight is 272 g/mol. The molecular weight excluding hydrogens is 252 g/mol. The van der Waals surface area contributed by atoms with E-state index in [1.54, 1.807) is 0 Å². The number of anilines is 1. The number of H-pyrrole nitrogens is 1. The zero-order valence-electron chi connectivity index (χ0n) is 12.0. The van der Waals surface area contributed by atoms with Gasteiger partial charge in [0.2, 0.25) is 0 Å². The Bertz CT molecular complexity index is 601. The van der Waals surface area contributed by atoms with Gasteiger partial charge in [0, 0.05) is 0 Å². The number of nitrogens with two attached hydrogens (primary N) is 1. The first-order valence-corrected chi connectivity index (χ1v) is 6.73. The first-order valence-electron chi connectivity index (χ1n) is 6.73. The largest absolute Gasteiger partial charge is 0.395 e. The summed E-state index contributed by atoms with van der Waals surface area (Å²) in [6.07, 6.45) is 0.722. The number of aromatic nitrogens is 2. The fourth-order valence-electron chi connectivity index (χ4n) is 2.03. The third kappa shape index (κ3) is 2.82. The maximum Gasteiger partial charge on any atom is 0.274 e. The number of benzene rings is 1. The van der Waals surface area contributed by atoms with Crippen molar-refractivity contribution in [1.82, 2.24) is 15.5 Å². The molecule has 106 valence electrons. The van der Waals surface area contributed by atoms with E-state index in [-0.39, 0.29) is 17.6 Å². The minimum atomic E-state index is -0.258. The summed E-state index contributed by atoms with van der Waals surface area (Å²) in [6.45, 7) is 5.93. The van der Waals surface area contributed by atoms with E-state index in [0.717, 1.165) is 17.7 Å². The Morgan fingerprint density at radius 1 is 1.40 bits per heavy atom. The maximum absolute atomic E-state index is 12.2. The Morgan fingerprint density at radius 2 is 2.05 bits per heavy atom. The molecule has 20 heavy (non-hydrogen) atoms. The molecule has 4 N–H and O–H groups in total. The van der Waals surface area contributed by atoms with Crippen LogP contribution < -0.4 is 11.1 Å². The molecule has 0 spiro atoms. The number of nitrogen functional groups attached to an aromatic ring is 1. The van der Waals surface area contributed by atoms with E-state index in [0.29, 0.717) is 5.69 Å². The molecule has 0 aliphatic carbocycles. The molecule has 1 atom stereocenters. The molecule has 1 aromatic carbocycles. The van der Waals surface area contributed by atoms with Crippen LogP contribution in [0.15, 0.2) is 24.3 Å². The topological polar surface area (TPSA) is 83.8 Å². The zero-order chi connectivity index (χ0) is 14.7. The summed E-state index contributed by atoms with van der Waals surface area (Å²) >= 11 is 0. The monoisotopic (exact) mass is 272 g/mol. The van der Waals surface area contributed by atoms with Gasteiger partial charge in [-0.25, -0.2) is 0 Å². The Balaban J connectivity index is 2.10. The van der Waals surface area contributed by atoms with E-state index in [1.165, 1.54) is 5.56 Å². The minimum Gasteiger partial charge on any atom is -0.395 e. The van der Waals surface area contributed by atoms with Crippen molar-refractivity contribution < 1.29 is 4.79 Å². The molecule has 0 bridgehead atoms. The van der Waals surface area contributed by atoms with Gasteiger partial charge in [0.15, 0.2) is 5.69 Å². The van der Waals surface area contributed by atoms with Gasteiger partial charge in [-0.2, -0.15) is 5.10 Å². The number of aromatic amines is 1. The van der Waals surface area contributed by atoms with E-state index >= 15 is 0 Å². The number of aryl methyl sites for hydroxylation is 2. The van der Waals surface area contributed by atoms with Crippen LogP contribution in [0.25, 0.3) is 0 Å². The number of rotatable bonds is 4. The molecule has 1 amide bonds. The highest BCUT2D eigenvalue weighted by atomic mass is 16.2. The first-order chi connectivity index (χ1) is 9.52. The normalized spacial score (nSPS) is 12.2. The lowest BCUT2D eigenvalue weighted by Gasteiger charge is -2.14. The van der Waals surface area contributed by atoms with Gasteiger partial charge in [0.1, 0.15) is 0 Å². The van der Waals surface area contributed by atoms with E-state index in [4.69, 9.17) is 5.73 Å². The zero-order valence-corrected chi connectivity index (χ0v) is 12.0. The summed E-state index contributed by atoms with van der Waals surface area (Å²) < 4.78 is 0. The van der Waals surface area contributed by atoms with Crippen molar-refractivity contribution in [2.45, 2.75) is 33.2 Å². The lowest BCUT2D eigenvalue weighted by Crippen LogP contribution is -2.27.